The lowest BCUT2D eigenvalue weighted by atomic mass is 10.00. The molecule has 0 aromatic rings. The van der Waals surface area contributed by atoms with Crippen LogP contribution in [0.2, 0.25) is 0 Å². The first-order chi connectivity index (χ1) is 6.92. The molecule has 0 heterocycles. The van der Waals surface area contributed by atoms with E-state index in [1.54, 1.807) is 0 Å². The fraction of sp³-hybridized carbons (Fsp3) is 0.667. The molecule has 0 saturated heterocycles. The van der Waals surface area contributed by atoms with E-state index in [1.807, 2.05) is 0 Å². The Morgan fingerprint density at radius 2 is 2.40 bits per heavy atom. The van der Waals surface area contributed by atoms with Crippen molar-refractivity contribution in [3.05, 3.63) is 0 Å². The first kappa shape index (κ1) is 3.00. The van der Waals surface area contributed by atoms with Gasteiger partial charge in [-0.3, -0.25) is 4.79 Å². The fourth-order valence-electron chi connectivity index (χ4n) is 0.242. The van der Waals surface area contributed by atoms with Crippen molar-refractivity contribution in [2.45, 2.75) is 25.7 Å². The highest BCUT2D eigenvalue weighted by atomic mass is 16.4. The molecule has 1 atom stereocenters. The molecule has 0 saturated carbocycles. The summed E-state index contributed by atoms with van der Waals surface area (Å²) < 4.78 is 41.1. The third kappa shape index (κ3) is 1.33. The standard InChI is InChI=1S/C6H10O4/c1-3-6(10,4(2)7)5(8)9/h10H,3H2,1-2H3,(H,8,9)/i1D3,2+1D,3D2. The molecule has 0 aromatic carbocycles. The Balaban J connectivity index is 5.73. The summed E-state index contributed by atoms with van der Waals surface area (Å²) >= 11 is 0. The minimum absolute atomic E-state index is 1.24. The topological polar surface area (TPSA) is 74.6 Å². The molecular weight excluding hydrogens is 137 g/mol. The molecule has 0 radical (unpaired) electrons. The van der Waals surface area contributed by atoms with Crippen molar-refractivity contribution in [2.75, 3.05) is 0 Å². The number of carboxylic acids is 1. The second-order valence-electron chi connectivity index (χ2n) is 1.56. The van der Waals surface area contributed by atoms with Gasteiger partial charge in [0.1, 0.15) is 0 Å². The highest BCUT2D eigenvalue weighted by Gasteiger charge is 2.38. The quantitative estimate of drug-likeness (QED) is 0.435. The Labute approximate surface area is 66.9 Å². The number of carbonyl (C=O) groups is 2. The Morgan fingerprint density at radius 3 is 2.70 bits per heavy atom. The van der Waals surface area contributed by atoms with Crippen LogP contribution < -0.4 is 0 Å². The van der Waals surface area contributed by atoms with Crippen molar-refractivity contribution in [3.8, 4) is 0 Å². The largest absolute Gasteiger partial charge is 0.479 e. The molecule has 0 bridgehead atoms. The number of aliphatic hydroxyl groups is 1. The summed E-state index contributed by atoms with van der Waals surface area (Å²) in [6, 6.07) is 0. The van der Waals surface area contributed by atoms with E-state index in [9.17, 15) is 14.7 Å². The zero-order chi connectivity index (χ0) is 13.4. The van der Waals surface area contributed by atoms with Gasteiger partial charge in [0, 0.05) is 8.22 Å². The highest BCUT2D eigenvalue weighted by molar-refractivity contribution is 6.04. The third-order valence-electron chi connectivity index (χ3n) is 0.894. The van der Waals surface area contributed by atoms with Gasteiger partial charge in [-0.1, -0.05) is 6.85 Å². The minimum atomic E-state index is -3.75. The van der Waals surface area contributed by atoms with Crippen LogP contribution in [0.4, 0.5) is 0 Å². The van der Waals surface area contributed by atoms with Crippen LogP contribution in [-0.4, -0.2) is 27.6 Å². The van der Waals surface area contributed by atoms with Crippen LogP contribution in [0, 0.1) is 0 Å². The van der Waals surface area contributed by atoms with E-state index < -0.39 is 37.5 Å². The summed E-state index contributed by atoms with van der Waals surface area (Å²) in [7, 11) is 0. The van der Waals surface area contributed by atoms with E-state index in [4.69, 9.17) is 13.3 Å². The van der Waals surface area contributed by atoms with Crippen molar-refractivity contribution in [1.29, 1.82) is 0 Å². The van der Waals surface area contributed by atoms with Crippen LogP contribution in [0.3, 0.4) is 0 Å². The number of rotatable bonds is 3. The smallest absolute Gasteiger partial charge is 0.343 e. The molecule has 0 aliphatic carbocycles. The lowest BCUT2D eigenvalue weighted by Crippen LogP contribution is -2.44. The molecule has 2 N–H and O–H groups in total. The highest BCUT2D eigenvalue weighted by Crippen LogP contribution is 2.10. The average Bonchev–Trinajstić information content (AvgIpc) is 2.12. The van der Waals surface area contributed by atoms with Gasteiger partial charge in [-0.2, -0.15) is 0 Å². The van der Waals surface area contributed by atoms with Crippen LogP contribution in [0.5, 0.6) is 0 Å². The van der Waals surface area contributed by atoms with Crippen molar-refractivity contribution in [2.24, 2.45) is 0 Å². The third-order valence-corrected chi connectivity index (χ3v) is 0.894. The minimum Gasteiger partial charge on any atom is -0.479 e. The predicted molar refractivity (Wildman–Crippen MR) is 33.6 cm³/mol. The fourth-order valence-corrected chi connectivity index (χ4v) is 0.242. The van der Waals surface area contributed by atoms with Crippen LogP contribution in [0.15, 0.2) is 0 Å². The van der Waals surface area contributed by atoms with Gasteiger partial charge in [0.05, 0.1) is 0 Å². The molecule has 58 valence electrons. The normalized spacial score (nSPS) is 27.3. The van der Waals surface area contributed by atoms with E-state index >= 15 is 0 Å². The predicted octanol–water partition coefficient (Wildman–Crippen LogP) is -0.199. The lowest BCUT2D eigenvalue weighted by molar-refractivity contribution is -0.164. The van der Waals surface area contributed by atoms with Crippen LogP contribution >= 0.6 is 0 Å². The first-order valence-electron chi connectivity index (χ1n) is 5.42. The van der Waals surface area contributed by atoms with Gasteiger partial charge in [-0.25, -0.2) is 4.79 Å². The van der Waals surface area contributed by atoms with E-state index in [2.05, 4.69) is 0 Å². The second-order valence-corrected chi connectivity index (χ2v) is 1.56. The number of carboxylic acid groups (broad SMARTS) is 1. The molecule has 0 aliphatic rings. The summed E-state index contributed by atoms with van der Waals surface area (Å²) in [6.45, 7) is -4.75. The molecular formula is C6H10O4. The molecule has 0 aliphatic heterocycles. The zero-order valence-corrected chi connectivity index (χ0v) is 4.92. The van der Waals surface area contributed by atoms with Gasteiger partial charge in [0.25, 0.3) is 0 Å². The summed E-state index contributed by atoms with van der Waals surface area (Å²) in [5.74, 6) is -4.05. The van der Waals surface area contributed by atoms with Crippen molar-refractivity contribution < 1.29 is 28.0 Å². The Kier molecular flexibility index (Phi) is 0.838. The van der Waals surface area contributed by atoms with Crippen molar-refractivity contribution >= 4 is 11.8 Å². The Hall–Kier alpha value is -0.900. The lowest BCUT2D eigenvalue weighted by Gasteiger charge is -2.16. The van der Waals surface area contributed by atoms with E-state index in [1.165, 1.54) is 0 Å². The maximum Gasteiger partial charge on any atom is 0.343 e. The molecule has 0 spiro atoms. The molecule has 0 rings (SSSR count). The number of hydrogen-bond acceptors (Lipinski definition) is 3. The van der Waals surface area contributed by atoms with Crippen LogP contribution in [-0.2, 0) is 9.59 Å². The summed E-state index contributed by atoms with van der Waals surface area (Å²) in [5, 5.41) is 18.0. The molecule has 4 heteroatoms. The SMILES string of the molecule is [2H][13CH2]C(=O)C(O)(C(=O)O)C([2H])([2H])C([2H])([2H])[2H]. The molecule has 1 unspecified atom stereocenters. The van der Waals surface area contributed by atoms with Crippen LogP contribution in [0.25, 0.3) is 0 Å². The monoisotopic (exact) mass is 153 g/mol. The van der Waals surface area contributed by atoms with E-state index in [0.29, 0.717) is 0 Å². The number of carbonyl (C=O) groups excluding carboxylic acids is 1. The zero-order valence-electron chi connectivity index (χ0n) is 10.9. The summed E-state index contributed by atoms with van der Waals surface area (Å²) in [5.41, 5.74) is -3.75. The number of aliphatic carboxylic acids is 1. The summed E-state index contributed by atoms with van der Waals surface area (Å²) in [6.07, 6.45) is -3.68. The molecule has 10 heavy (non-hydrogen) atoms. The van der Waals surface area contributed by atoms with Gasteiger partial charge in [0.2, 0.25) is 5.60 Å². The maximum absolute atomic E-state index is 11.1. The van der Waals surface area contributed by atoms with Gasteiger partial charge < -0.3 is 10.2 Å². The number of hydrogen-bond donors (Lipinski definition) is 2. The van der Waals surface area contributed by atoms with Gasteiger partial charge in [0.15, 0.2) is 5.78 Å². The average molecular weight is 153 g/mol. The molecule has 0 fully saturated rings. The van der Waals surface area contributed by atoms with Crippen LogP contribution in [0.1, 0.15) is 28.3 Å². The Bertz CT molecular complexity index is 311. The Morgan fingerprint density at radius 1 is 1.80 bits per heavy atom. The molecule has 0 amide bonds. The maximum atomic E-state index is 11.1. The van der Waals surface area contributed by atoms with Gasteiger partial charge >= 0.3 is 5.97 Å². The van der Waals surface area contributed by atoms with Crippen molar-refractivity contribution in [1.82, 2.24) is 0 Å². The van der Waals surface area contributed by atoms with Crippen molar-refractivity contribution in [3.63, 3.8) is 0 Å². The first-order valence-corrected chi connectivity index (χ1v) is 2.21. The molecule has 4 nitrogen and oxygen atoms in total. The summed E-state index contributed by atoms with van der Waals surface area (Å²) in [4.78, 5) is 21.7. The second kappa shape index (κ2) is 2.79. The van der Waals surface area contributed by atoms with E-state index in [0.717, 1.165) is 0 Å². The van der Waals surface area contributed by atoms with Gasteiger partial charge in [-0.05, 0) is 13.3 Å². The molecule has 0 aromatic heterocycles. The number of ketones is 1. The van der Waals surface area contributed by atoms with E-state index in [-0.39, 0.29) is 0 Å². The number of Topliss-reactive ketones (excluding diaryl/α,β-unsaturated/α-hetero) is 1. The van der Waals surface area contributed by atoms with Gasteiger partial charge in [-0.15, -0.1) is 0 Å².